The van der Waals surface area contributed by atoms with Crippen molar-refractivity contribution in [1.82, 2.24) is 10.2 Å². The lowest BCUT2D eigenvalue weighted by Crippen LogP contribution is -2.66. The van der Waals surface area contributed by atoms with Gasteiger partial charge in [-0.2, -0.15) is 0 Å². The molecule has 3 aliphatic rings. The molecule has 5 rings (SSSR count). The number of hydrogen-bond donors (Lipinski definition) is 3. The van der Waals surface area contributed by atoms with Crippen LogP contribution in [-0.2, 0) is 15.9 Å². The van der Waals surface area contributed by atoms with Gasteiger partial charge in [-0.1, -0.05) is 30.3 Å². The monoisotopic (exact) mass is 467 g/mol. The van der Waals surface area contributed by atoms with Crippen LogP contribution in [0.3, 0.4) is 0 Å². The predicted molar refractivity (Wildman–Crippen MR) is 128 cm³/mol. The number of aliphatic hydroxyl groups excluding tert-OH is 1. The highest BCUT2D eigenvalue weighted by Gasteiger charge is 2.52. The maximum Gasteiger partial charge on any atom is 0.319 e. The number of carbonyl (C=O) groups is 1. The van der Waals surface area contributed by atoms with Gasteiger partial charge in [-0.15, -0.1) is 0 Å². The number of urea groups is 1. The van der Waals surface area contributed by atoms with Crippen molar-refractivity contribution in [2.45, 2.75) is 49.8 Å². The average Bonchev–Trinajstić information content (AvgIpc) is 3.29. The maximum atomic E-state index is 12.7. The Balaban J connectivity index is 1.18. The summed E-state index contributed by atoms with van der Waals surface area (Å²) in [6.45, 7) is 2.10. The zero-order chi connectivity index (χ0) is 23.5. The summed E-state index contributed by atoms with van der Waals surface area (Å²) in [5.41, 5.74) is 2.01. The van der Waals surface area contributed by atoms with Gasteiger partial charge in [0, 0.05) is 5.69 Å². The lowest BCUT2D eigenvalue weighted by molar-refractivity contribution is -0.184. The summed E-state index contributed by atoms with van der Waals surface area (Å²) in [5, 5.41) is 17.0. The Hall–Kier alpha value is -2.65. The summed E-state index contributed by atoms with van der Waals surface area (Å²) in [7, 11) is 1.60. The molecule has 5 atom stereocenters. The van der Waals surface area contributed by atoms with Crippen LogP contribution in [0.5, 0.6) is 5.75 Å². The SMILES string of the molecule is COc1ccc(NC(=O)NC2C3COC(O3)C(N3CCC(Cc4ccccc4)CC3)C2O)cc1. The first kappa shape index (κ1) is 23.1. The Morgan fingerprint density at radius 2 is 1.85 bits per heavy atom. The quantitative estimate of drug-likeness (QED) is 0.605. The second kappa shape index (κ2) is 10.3. The standard InChI is InChI=1S/C26H33N3O5/c1-32-20-9-7-19(8-10-20)27-26(31)28-22-21-16-33-25(34-21)23(24(22)30)29-13-11-18(12-14-29)15-17-5-3-2-4-6-17/h2-10,18,21-25,30H,11-16H2,1H3,(H2,27,28,31). The van der Waals surface area contributed by atoms with Crippen molar-refractivity contribution in [3.05, 3.63) is 60.2 Å². The van der Waals surface area contributed by atoms with Crippen LogP contribution in [0.25, 0.3) is 0 Å². The first-order valence-corrected chi connectivity index (χ1v) is 12.1. The first-order valence-electron chi connectivity index (χ1n) is 12.1. The number of amides is 2. The van der Waals surface area contributed by atoms with E-state index >= 15 is 0 Å². The molecule has 0 aromatic heterocycles. The van der Waals surface area contributed by atoms with Crippen molar-refractivity contribution in [2.24, 2.45) is 5.92 Å². The van der Waals surface area contributed by atoms with Crippen LogP contribution in [0.2, 0.25) is 0 Å². The highest BCUT2D eigenvalue weighted by Crippen LogP contribution is 2.34. The lowest BCUT2D eigenvalue weighted by Gasteiger charge is -2.46. The molecule has 182 valence electrons. The van der Waals surface area contributed by atoms with Crippen LogP contribution in [-0.4, -0.2) is 73.4 Å². The predicted octanol–water partition coefficient (Wildman–Crippen LogP) is 2.62. The number of carbonyl (C=O) groups excluding carboxylic acids is 1. The molecular weight excluding hydrogens is 434 g/mol. The van der Waals surface area contributed by atoms with Crippen LogP contribution in [0, 0.1) is 5.92 Å². The van der Waals surface area contributed by atoms with Crippen molar-refractivity contribution >= 4 is 11.7 Å². The van der Waals surface area contributed by atoms with Gasteiger partial charge in [0.25, 0.3) is 0 Å². The molecule has 2 aromatic rings. The molecule has 2 bridgehead atoms. The number of hydrogen-bond acceptors (Lipinski definition) is 6. The zero-order valence-electron chi connectivity index (χ0n) is 19.4. The van der Waals surface area contributed by atoms with E-state index in [4.69, 9.17) is 14.2 Å². The van der Waals surface area contributed by atoms with Crippen LogP contribution in [0.15, 0.2) is 54.6 Å². The Labute approximate surface area is 200 Å². The topological polar surface area (TPSA) is 92.3 Å². The van der Waals surface area contributed by atoms with Crippen LogP contribution in [0.4, 0.5) is 10.5 Å². The number of nitrogens with zero attached hydrogens (tertiary/aromatic N) is 1. The van der Waals surface area contributed by atoms with E-state index < -0.39 is 18.4 Å². The van der Waals surface area contributed by atoms with Gasteiger partial charge in [0.15, 0.2) is 6.29 Å². The lowest BCUT2D eigenvalue weighted by atomic mass is 9.87. The zero-order valence-corrected chi connectivity index (χ0v) is 19.4. The molecule has 0 spiro atoms. The van der Waals surface area contributed by atoms with Gasteiger partial charge in [-0.25, -0.2) is 4.79 Å². The fourth-order valence-corrected chi connectivity index (χ4v) is 5.36. The van der Waals surface area contributed by atoms with E-state index in [1.807, 2.05) is 6.07 Å². The second-order valence-corrected chi connectivity index (χ2v) is 9.38. The van der Waals surface area contributed by atoms with Crippen LogP contribution < -0.4 is 15.4 Å². The van der Waals surface area contributed by atoms with Gasteiger partial charge in [0.2, 0.25) is 0 Å². The van der Waals surface area contributed by atoms with Crippen molar-refractivity contribution in [1.29, 1.82) is 0 Å². The van der Waals surface area contributed by atoms with E-state index in [0.717, 1.165) is 32.4 Å². The fourth-order valence-electron chi connectivity index (χ4n) is 5.36. The van der Waals surface area contributed by atoms with E-state index in [2.05, 4.69) is 39.8 Å². The van der Waals surface area contributed by atoms with Crippen molar-refractivity contribution in [2.75, 3.05) is 32.1 Å². The van der Waals surface area contributed by atoms with Gasteiger partial charge in [0.1, 0.15) is 11.9 Å². The molecule has 8 nitrogen and oxygen atoms in total. The third-order valence-corrected chi connectivity index (χ3v) is 7.21. The summed E-state index contributed by atoms with van der Waals surface area (Å²) in [6, 6.07) is 16.4. The molecule has 0 aliphatic carbocycles. The maximum absolute atomic E-state index is 12.7. The molecule has 5 unspecified atom stereocenters. The van der Waals surface area contributed by atoms with Crippen molar-refractivity contribution < 1.29 is 24.1 Å². The normalized spacial score (nSPS) is 29.5. The molecule has 0 radical (unpaired) electrons. The van der Waals surface area contributed by atoms with Gasteiger partial charge in [-0.05, 0) is 68.1 Å². The van der Waals surface area contributed by atoms with E-state index in [1.54, 1.807) is 31.4 Å². The highest BCUT2D eigenvalue weighted by atomic mass is 16.7. The number of ether oxygens (including phenoxy) is 3. The Morgan fingerprint density at radius 3 is 2.56 bits per heavy atom. The number of aliphatic hydroxyl groups is 1. The largest absolute Gasteiger partial charge is 0.497 e. The molecule has 34 heavy (non-hydrogen) atoms. The molecule has 0 saturated carbocycles. The first-order chi connectivity index (χ1) is 16.6. The van der Waals surface area contributed by atoms with Crippen molar-refractivity contribution in [3.63, 3.8) is 0 Å². The number of nitrogens with one attached hydrogen (secondary N) is 2. The van der Waals surface area contributed by atoms with Gasteiger partial charge < -0.3 is 30.0 Å². The summed E-state index contributed by atoms with van der Waals surface area (Å²) in [5.74, 6) is 1.34. The van der Waals surface area contributed by atoms with Crippen LogP contribution >= 0.6 is 0 Å². The van der Waals surface area contributed by atoms with E-state index in [0.29, 0.717) is 24.0 Å². The van der Waals surface area contributed by atoms with Gasteiger partial charge in [0.05, 0.1) is 31.9 Å². The molecule has 3 saturated heterocycles. The molecule has 3 aliphatic heterocycles. The second-order valence-electron chi connectivity index (χ2n) is 9.38. The number of likely N-dealkylation sites (tertiary alicyclic amines) is 1. The number of benzene rings is 2. The third-order valence-electron chi connectivity index (χ3n) is 7.21. The number of piperidine rings is 1. The molecule has 3 N–H and O–H groups in total. The average molecular weight is 468 g/mol. The number of rotatable bonds is 6. The van der Waals surface area contributed by atoms with Gasteiger partial charge in [-0.3, -0.25) is 4.90 Å². The summed E-state index contributed by atoms with van der Waals surface area (Å²) >= 11 is 0. The summed E-state index contributed by atoms with van der Waals surface area (Å²) in [4.78, 5) is 15.0. The Morgan fingerprint density at radius 1 is 1.12 bits per heavy atom. The van der Waals surface area contributed by atoms with Gasteiger partial charge >= 0.3 is 6.03 Å². The Bertz CT molecular complexity index is 949. The Kier molecular flexibility index (Phi) is 7.01. The van der Waals surface area contributed by atoms with E-state index in [9.17, 15) is 9.90 Å². The highest BCUT2D eigenvalue weighted by molar-refractivity contribution is 5.89. The minimum absolute atomic E-state index is 0.303. The van der Waals surface area contributed by atoms with Crippen LogP contribution in [0.1, 0.15) is 18.4 Å². The van der Waals surface area contributed by atoms with E-state index in [-0.39, 0.29) is 18.2 Å². The minimum atomic E-state index is -0.779. The number of fused-ring (bicyclic) bond motifs is 2. The molecule has 2 aromatic carbocycles. The molecule has 3 fully saturated rings. The van der Waals surface area contributed by atoms with Crippen molar-refractivity contribution in [3.8, 4) is 5.75 Å². The molecule has 3 heterocycles. The fraction of sp³-hybridized carbons (Fsp3) is 0.500. The number of methoxy groups -OCH3 is 1. The number of anilines is 1. The summed E-state index contributed by atoms with van der Waals surface area (Å²) in [6.07, 6.45) is 1.59. The van der Waals surface area contributed by atoms with E-state index in [1.165, 1.54) is 5.56 Å². The smallest absolute Gasteiger partial charge is 0.319 e. The molecule has 8 heteroatoms. The summed E-state index contributed by atoms with van der Waals surface area (Å²) < 4.78 is 17.1. The molecular formula is C26H33N3O5. The molecule has 2 amide bonds. The minimum Gasteiger partial charge on any atom is -0.497 e. The third kappa shape index (κ3) is 5.05.